The van der Waals surface area contributed by atoms with Crippen LogP contribution in [-0.2, 0) is 16.0 Å². The van der Waals surface area contributed by atoms with E-state index in [4.69, 9.17) is 0 Å². The predicted octanol–water partition coefficient (Wildman–Crippen LogP) is 1.31. The molecule has 0 aromatic carbocycles. The van der Waals surface area contributed by atoms with Crippen LogP contribution in [-0.4, -0.2) is 64.5 Å². The summed E-state index contributed by atoms with van der Waals surface area (Å²) < 4.78 is 0. The standard InChI is InChI=1S/C18H27N5O2/c1-14(24)23-10-2-4-15(13-23)12-16-6-7-17(21-20-16)19-8-11-22-9-3-5-18(22)25/h6-7,15H,2-5,8-13H2,1H3,(H,19,21). The molecule has 0 radical (unpaired) electrons. The molecule has 2 aliphatic rings. The van der Waals surface area contributed by atoms with E-state index in [0.29, 0.717) is 25.4 Å². The van der Waals surface area contributed by atoms with Gasteiger partial charge in [0.1, 0.15) is 5.82 Å². The number of carbonyl (C=O) groups excluding carboxylic acids is 2. The maximum Gasteiger partial charge on any atom is 0.222 e. The molecule has 1 unspecified atom stereocenters. The quantitative estimate of drug-likeness (QED) is 0.841. The molecule has 0 saturated carbocycles. The molecule has 2 saturated heterocycles. The van der Waals surface area contributed by atoms with Crippen LogP contribution in [0.5, 0.6) is 0 Å². The second kappa shape index (κ2) is 8.27. The van der Waals surface area contributed by atoms with Crippen LogP contribution in [0.4, 0.5) is 5.82 Å². The van der Waals surface area contributed by atoms with E-state index in [1.54, 1.807) is 6.92 Å². The minimum atomic E-state index is 0.159. The third kappa shape index (κ3) is 4.90. The van der Waals surface area contributed by atoms with E-state index >= 15 is 0 Å². The van der Waals surface area contributed by atoms with E-state index in [2.05, 4.69) is 15.5 Å². The molecule has 2 fully saturated rings. The average molecular weight is 345 g/mol. The molecule has 1 aromatic rings. The van der Waals surface area contributed by atoms with Crippen molar-refractivity contribution in [2.75, 3.05) is 38.0 Å². The average Bonchev–Trinajstić information content (AvgIpc) is 3.02. The summed E-state index contributed by atoms with van der Waals surface area (Å²) in [5, 5.41) is 11.8. The third-order valence-corrected chi connectivity index (χ3v) is 5.04. The summed E-state index contributed by atoms with van der Waals surface area (Å²) in [6.45, 7) is 5.60. The summed E-state index contributed by atoms with van der Waals surface area (Å²) in [5.74, 6) is 1.61. The minimum Gasteiger partial charge on any atom is -0.367 e. The molecule has 2 amide bonds. The van der Waals surface area contributed by atoms with Crippen LogP contribution in [0.3, 0.4) is 0 Å². The summed E-state index contributed by atoms with van der Waals surface area (Å²) in [4.78, 5) is 26.9. The number of likely N-dealkylation sites (tertiary alicyclic amines) is 2. The maximum absolute atomic E-state index is 11.6. The van der Waals surface area contributed by atoms with Gasteiger partial charge in [-0.3, -0.25) is 9.59 Å². The number of rotatable bonds is 6. The monoisotopic (exact) mass is 345 g/mol. The Morgan fingerprint density at radius 3 is 2.84 bits per heavy atom. The smallest absolute Gasteiger partial charge is 0.222 e. The van der Waals surface area contributed by atoms with Crippen molar-refractivity contribution < 1.29 is 9.59 Å². The number of nitrogens with one attached hydrogen (secondary N) is 1. The van der Waals surface area contributed by atoms with Crippen molar-refractivity contribution in [1.82, 2.24) is 20.0 Å². The van der Waals surface area contributed by atoms with Gasteiger partial charge in [-0.1, -0.05) is 0 Å². The van der Waals surface area contributed by atoms with E-state index in [1.165, 1.54) is 0 Å². The molecule has 1 atom stereocenters. The van der Waals surface area contributed by atoms with Crippen molar-refractivity contribution >= 4 is 17.6 Å². The fraction of sp³-hybridized carbons (Fsp3) is 0.667. The first kappa shape index (κ1) is 17.6. The number of hydrogen-bond donors (Lipinski definition) is 1. The van der Waals surface area contributed by atoms with Crippen molar-refractivity contribution in [3.8, 4) is 0 Å². The molecule has 136 valence electrons. The number of anilines is 1. The number of hydrogen-bond acceptors (Lipinski definition) is 5. The van der Waals surface area contributed by atoms with E-state index in [0.717, 1.165) is 56.8 Å². The molecule has 25 heavy (non-hydrogen) atoms. The first-order chi connectivity index (χ1) is 12.1. The third-order valence-electron chi connectivity index (χ3n) is 5.04. The van der Waals surface area contributed by atoms with Crippen molar-refractivity contribution in [1.29, 1.82) is 0 Å². The fourth-order valence-electron chi connectivity index (χ4n) is 3.64. The Balaban J connectivity index is 1.44. The van der Waals surface area contributed by atoms with Crippen molar-refractivity contribution in [2.45, 2.75) is 39.0 Å². The zero-order chi connectivity index (χ0) is 17.6. The van der Waals surface area contributed by atoms with Crippen LogP contribution < -0.4 is 5.32 Å². The lowest BCUT2D eigenvalue weighted by Crippen LogP contribution is -2.39. The van der Waals surface area contributed by atoms with Crippen molar-refractivity contribution in [3.63, 3.8) is 0 Å². The van der Waals surface area contributed by atoms with Gasteiger partial charge in [0.05, 0.1) is 5.69 Å². The largest absolute Gasteiger partial charge is 0.367 e. The fourth-order valence-corrected chi connectivity index (χ4v) is 3.64. The molecule has 0 spiro atoms. The Bertz CT molecular complexity index is 604. The lowest BCUT2D eigenvalue weighted by molar-refractivity contribution is -0.130. The highest BCUT2D eigenvalue weighted by Gasteiger charge is 2.22. The van der Waals surface area contributed by atoms with Crippen molar-refractivity contribution in [2.24, 2.45) is 5.92 Å². The number of carbonyl (C=O) groups is 2. The van der Waals surface area contributed by atoms with Gasteiger partial charge >= 0.3 is 0 Å². The Kier molecular flexibility index (Phi) is 5.83. The van der Waals surface area contributed by atoms with Gasteiger partial charge in [-0.25, -0.2) is 0 Å². The maximum atomic E-state index is 11.6. The highest BCUT2D eigenvalue weighted by Crippen LogP contribution is 2.20. The summed E-state index contributed by atoms with van der Waals surface area (Å²) in [7, 11) is 0. The zero-order valence-electron chi connectivity index (χ0n) is 14.9. The highest BCUT2D eigenvalue weighted by atomic mass is 16.2. The van der Waals surface area contributed by atoms with E-state index in [9.17, 15) is 9.59 Å². The van der Waals surface area contributed by atoms with Gasteiger partial charge in [0.2, 0.25) is 11.8 Å². The van der Waals surface area contributed by atoms with Gasteiger partial charge in [-0.05, 0) is 43.7 Å². The van der Waals surface area contributed by atoms with Crippen LogP contribution in [0.25, 0.3) is 0 Å². The molecule has 1 aromatic heterocycles. The lowest BCUT2D eigenvalue weighted by atomic mass is 9.93. The SMILES string of the molecule is CC(=O)N1CCCC(Cc2ccc(NCCN3CCCC3=O)nn2)C1. The zero-order valence-corrected chi connectivity index (χ0v) is 14.9. The molecular formula is C18H27N5O2. The molecule has 3 rings (SSSR count). The Hall–Kier alpha value is -2.18. The molecular weight excluding hydrogens is 318 g/mol. The van der Waals surface area contributed by atoms with E-state index in [1.807, 2.05) is 21.9 Å². The first-order valence-corrected chi connectivity index (χ1v) is 9.21. The molecule has 7 nitrogen and oxygen atoms in total. The number of aromatic nitrogens is 2. The van der Waals surface area contributed by atoms with Crippen LogP contribution in [0.1, 0.15) is 38.3 Å². The predicted molar refractivity (Wildman–Crippen MR) is 95.0 cm³/mol. The van der Waals surface area contributed by atoms with E-state index < -0.39 is 0 Å². The van der Waals surface area contributed by atoms with Crippen LogP contribution >= 0.6 is 0 Å². The van der Waals surface area contributed by atoms with Crippen LogP contribution in [0, 0.1) is 5.92 Å². The second-order valence-corrected chi connectivity index (χ2v) is 7.00. The topological polar surface area (TPSA) is 78.4 Å². The first-order valence-electron chi connectivity index (χ1n) is 9.21. The van der Waals surface area contributed by atoms with Crippen molar-refractivity contribution in [3.05, 3.63) is 17.8 Å². The number of nitrogens with zero attached hydrogens (tertiary/aromatic N) is 4. The molecule has 1 N–H and O–H groups in total. The van der Waals surface area contributed by atoms with Gasteiger partial charge in [0.15, 0.2) is 0 Å². The van der Waals surface area contributed by atoms with Gasteiger partial charge in [0.25, 0.3) is 0 Å². The highest BCUT2D eigenvalue weighted by molar-refractivity contribution is 5.78. The molecule has 0 aliphatic carbocycles. The molecule has 2 aliphatic heterocycles. The van der Waals surface area contributed by atoms with Gasteiger partial charge in [-0.15, -0.1) is 5.10 Å². The molecule has 7 heteroatoms. The molecule has 0 bridgehead atoms. The Labute approximate surface area is 148 Å². The molecule has 3 heterocycles. The van der Waals surface area contributed by atoms with Gasteiger partial charge < -0.3 is 15.1 Å². The van der Waals surface area contributed by atoms with Crippen LogP contribution in [0.2, 0.25) is 0 Å². The minimum absolute atomic E-state index is 0.159. The number of amides is 2. The van der Waals surface area contributed by atoms with Gasteiger partial charge in [-0.2, -0.15) is 5.10 Å². The normalized spacial score (nSPS) is 20.8. The van der Waals surface area contributed by atoms with E-state index in [-0.39, 0.29) is 11.8 Å². The second-order valence-electron chi connectivity index (χ2n) is 7.00. The summed E-state index contributed by atoms with van der Waals surface area (Å²) in [6, 6.07) is 3.95. The number of piperidine rings is 1. The lowest BCUT2D eigenvalue weighted by Gasteiger charge is -2.31. The van der Waals surface area contributed by atoms with Gasteiger partial charge in [0, 0.05) is 46.1 Å². The summed E-state index contributed by atoms with van der Waals surface area (Å²) in [5.41, 5.74) is 0.968. The van der Waals surface area contributed by atoms with Crippen LogP contribution in [0.15, 0.2) is 12.1 Å². The summed E-state index contributed by atoms with van der Waals surface area (Å²) >= 11 is 0. The Morgan fingerprint density at radius 2 is 2.16 bits per heavy atom. The summed E-state index contributed by atoms with van der Waals surface area (Å²) in [6.07, 6.45) is 4.70. The Morgan fingerprint density at radius 1 is 1.28 bits per heavy atom.